The summed E-state index contributed by atoms with van der Waals surface area (Å²) in [7, 11) is 0. The summed E-state index contributed by atoms with van der Waals surface area (Å²) in [6.45, 7) is 8.84. The van der Waals surface area contributed by atoms with E-state index in [4.69, 9.17) is 10.5 Å². The van der Waals surface area contributed by atoms with Gasteiger partial charge in [-0.1, -0.05) is 0 Å². The molecule has 0 bridgehead atoms. The quantitative estimate of drug-likeness (QED) is 0.724. The van der Waals surface area contributed by atoms with Gasteiger partial charge < -0.3 is 15.8 Å². The smallest absolute Gasteiger partial charge is 0.312 e. The number of esters is 1. The standard InChI is InChI=1S/C14H26N2O3/c1-5-19-12(18)13(3,4)14(11(17)10(2)15)6-8-16-9-7-14/h10,16H,5-9,15H2,1-4H3/t10-/m0/s1. The molecular weight excluding hydrogens is 244 g/mol. The average Bonchev–Trinajstić information content (AvgIpc) is 2.38. The number of Topliss-reactive ketones (excluding diaryl/α,β-unsaturated/α-hetero) is 1. The van der Waals surface area contributed by atoms with Gasteiger partial charge in [-0.05, 0) is 53.6 Å². The van der Waals surface area contributed by atoms with Crippen molar-refractivity contribution in [1.82, 2.24) is 5.32 Å². The van der Waals surface area contributed by atoms with E-state index >= 15 is 0 Å². The molecule has 1 aliphatic heterocycles. The van der Waals surface area contributed by atoms with Crippen LogP contribution < -0.4 is 11.1 Å². The molecule has 0 unspecified atom stereocenters. The van der Waals surface area contributed by atoms with Crippen molar-refractivity contribution in [2.24, 2.45) is 16.6 Å². The van der Waals surface area contributed by atoms with Crippen LogP contribution in [0.15, 0.2) is 0 Å². The Labute approximate surface area is 115 Å². The van der Waals surface area contributed by atoms with Crippen LogP contribution in [0.5, 0.6) is 0 Å². The molecule has 3 N–H and O–H groups in total. The van der Waals surface area contributed by atoms with Crippen LogP contribution in [0.4, 0.5) is 0 Å². The second-order valence-corrected chi connectivity index (χ2v) is 5.83. The molecule has 0 aromatic carbocycles. The number of nitrogens with two attached hydrogens (primary N) is 1. The SMILES string of the molecule is CCOC(=O)C(C)(C)C1(C(=O)[C@H](C)N)CCNCC1. The Kier molecular flexibility index (Phi) is 5.10. The third-order valence-electron chi connectivity index (χ3n) is 4.32. The lowest BCUT2D eigenvalue weighted by Gasteiger charge is -2.47. The monoisotopic (exact) mass is 270 g/mol. The van der Waals surface area contributed by atoms with E-state index in [1.165, 1.54) is 0 Å². The Balaban J connectivity index is 3.15. The van der Waals surface area contributed by atoms with E-state index in [0.29, 0.717) is 19.4 Å². The minimum absolute atomic E-state index is 0.0351. The maximum atomic E-state index is 12.6. The Hall–Kier alpha value is -0.940. The Morgan fingerprint density at radius 3 is 2.32 bits per heavy atom. The van der Waals surface area contributed by atoms with Gasteiger partial charge in [0.2, 0.25) is 0 Å². The molecule has 5 heteroatoms. The summed E-state index contributed by atoms with van der Waals surface area (Å²) in [5.74, 6) is -0.349. The first-order valence-corrected chi connectivity index (χ1v) is 6.97. The zero-order chi connectivity index (χ0) is 14.7. The lowest BCUT2D eigenvalue weighted by molar-refractivity contribution is -0.169. The molecule has 1 aliphatic rings. The Bertz CT molecular complexity index is 345. The zero-order valence-electron chi connectivity index (χ0n) is 12.4. The van der Waals surface area contributed by atoms with Gasteiger partial charge in [-0.3, -0.25) is 9.59 Å². The number of hydrogen-bond acceptors (Lipinski definition) is 5. The molecule has 0 amide bonds. The van der Waals surface area contributed by atoms with Gasteiger partial charge in [0.15, 0.2) is 5.78 Å². The van der Waals surface area contributed by atoms with E-state index in [1.54, 1.807) is 27.7 Å². The molecule has 0 spiro atoms. The van der Waals surface area contributed by atoms with Crippen LogP contribution in [0.25, 0.3) is 0 Å². The van der Waals surface area contributed by atoms with Crippen molar-refractivity contribution in [2.75, 3.05) is 19.7 Å². The van der Waals surface area contributed by atoms with Crippen LogP contribution in [0.2, 0.25) is 0 Å². The number of carbonyl (C=O) groups excluding carboxylic acids is 2. The van der Waals surface area contributed by atoms with Crippen molar-refractivity contribution < 1.29 is 14.3 Å². The molecule has 1 atom stereocenters. The van der Waals surface area contributed by atoms with E-state index in [1.807, 2.05) is 0 Å². The largest absolute Gasteiger partial charge is 0.466 e. The van der Waals surface area contributed by atoms with Crippen LogP contribution in [0.3, 0.4) is 0 Å². The van der Waals surface area contributed by atoms with Gasteiger partial charge in [-0.2, -0.15) is 0 Å². The third-order valence-corrected chi connectivity index (χ3v) is 4.32. The van der Waals surface area contributed by atoms with Crippen LogP contribution in [-0.4, -0.2) is 37.5 Å². The topological polar surface area (TPSA) is 81.4 Å². The van der Waals surface area contributed by atoms with Crippen LogP contribution in [0.1, 0.15) is 40.5 Å². The van der Waals surface area contributed by atoms with Crippen molar-refractivity contribution in [3.05, 3.63) is 0 Å². The summed E-state index contributed by atoms with van der Waals surface area (Å²) in [6.07, 6.45) is 1.25. The fraction of sp³-hybridized carbons (Fsp3) is 0.857. The second-order valence-electron chi connectivity index (χ2n) is 5.83. The molecule has 1 rings (SSSR count). The molecule has 1 saturated heterocycles. The summed E-state index contributed by atoms with van der Waals surface area (Å²) in [5.41, 5.74) is 4.23. The number of ether oxygens (including phenoxy) is 1. The molecule has 0 aliphatic carbocycles. The van der Waals surface area contributed by atoms with Gasteiger partial charge in [0.25, 0.3) is 0 Å². The highest BCUT2D eigenvalue weighted by molar-refractivity contribution is 5.95. The predicted molar refractivity (Wildman–Crippen MR) is 73.6 cm³/mol. The number of carbonyl (C=O) groups is 2. The van der Waals surface area contributed by atoms with Gasteiger partial charge in [0, 0.05) is 5.41 Å². The fourth-order valence-electron chi connectivity index (χ4n) is 2.98. The van der Waals surface area contributed by atoms with Crippen LogP contribution in [-0.2, 0) is 14.3 Å². The van der Waals surface area contributed by atoms with Gasteiger partial charge in [-0.15, -0.1) is 0 Å². The lowest BCUT2D eigenvalue weighted by atomic mass is 9.57. The first kappa shape index (κ1) is 16.1. The van der Waals surface area contributed by atoms with Crippen molar-refractivity contribution in [3.8, 4) is 0 Å². The van der Waals surface area contributed by atoms with Crippen molar-refractivity contribution in [3.63, 3.8) is 0 Å². The highest BCUT2D eigenvalue weighted by Gasteiger charge is 2.56. The molecule has 0 aromatic rings. The number of ketones is 1. The third kappa shape index (κ3) is 2.82. The van der Waals surface area contributed by atoms with E-state index in [2.05, 4.69) is 5.32 Å². The van der Waals surface area contributed by atoms with Crippen LogP contribution in [0, 0.1) is 10.8 Å². The van der Waals surface area contributed by atoms with E-state index in [9.17, 15) is 9.59 Å². The second kappa shape index (κ2) is 6.01. The minimum atomic E-state index is -0.851. The molecule has 0 saturated carbocycles. The van der Waals surface area contributed by atoms with Gasteiger partial charge in [-0.25, -0.2) is 0 Å². The molecular formula is C14H26N2O3. The summed E-state index contributed by atoms with van der Waals surface area (Å²) in [5, 5.41) is 3.23. The predicted octanol–water partition coefficient (Wildman–Crippen LogP) is 0.862. The van der Waals surface area contributed by atoms with Gasteiger partial charge >= 0.3 is 5.97 Å². The van der Waals surface area contributed by atoms with Crippen LogP contribution >= 0.6 is 0 Å². The molecule has 110 valence electrons. The molecule has 19 heavy (non-hydrogen) atoms. The summed E-state index contributed by atoms with van der Waals surface area (Å²) in [4.78, 5) is 24.9. The first-order valence-electron chi connectivity index (χ1n) is 6.97. The minimum Gasteiger partial charge on any atom is -0.466 e. The molecule has 0 radical (unpaired) electrons. The summed E-state index contributed by atoms with van der Waals surface area (Å²) in [6, 6.07) is -0.563. The maximum absolute atomic E-state index is 12.6. The Morgan fingerprint density at radius 2 is 1.89 bits per heavy atom. The molecule has 0 aromatic heterocycles. The van der Waals surface area contributed by atoms with Crippen molar-refractivity contribution in [2.45, 2.75) is 46.6 Å². The Morgan fingerprint density at radius 1 is 1.37 bits per heavy atom. The van der Waals surface area contributed by atoms with E-state index in [0.717, 1.165) is 13.1 Å². The van der Waals surface area contributed by atoms with E-state index in [-0.39, 0.29) is 11.8 Å². The van der Waals surface area contributed by atoms with E-state index < -0.39 is 16.9 Å². The van der Waals surface area contributed by atoms with Gasteiger partial charge in [0.1, 0.15) is 0 Å². The molecule has 1 fully saturated rings. The lowest BCUT2D eigenvalue weighted by Crippen LogP contribution is -2.58. The summed E-state index contributed by atoms with van der Waals surface area (Å²) >= 11 is 0. The van der Waals surface area contributed by atoms with Gasteiger partial charge in [0.05, 0.1) is 18.1 Å². The highest BCUT2D eigenvalue weighted by Crippen LogP contribution is 2.48. The first-order chi connectivity index (χ1) is 8.79. The number of rotatable bonds is 5. The highest BCUT2D eigenvalue weighted by atomic mass is 16.5. The summed E-state index contributed by atoms with van der Waals surface area (Å²) < 4.78 is 5.16. The molecule has 1 heterocycles. The number of piperidine rings is 1. The maximum Gasteiger partial charge on any atom is 0.312 e. The normalized spacial score (nSPS) is 20.7. The number of nitrogens with one attached hydrogen (secondary N) is 1. The van der Waals surface area contributed by atoms with Crippen molar-refractivity contribution >= 4 is 11.8 Å². The van der Waals surface area contributed by atoms with Crippen molar-refractivity contribution in [1.29, 1.82) is 0 Å². The zero-order valence-corrected chi connectivity index (χ0v) is 12.4. The average molecular weight is 270 g/mol. The molecule has 5 nitrogen and oxygen atoms in total. The number of hydrogen-bond donors (Lipinski definition) is 2. The fourth-order valence-corrected chi connectivity index (χ4v) is 2.98.